The van der Waals surface area contributed by atoms with Crippen molar-refractivity contribution >= 4 is 33.2 Å². The fraction of sp³-hybridized carbons (Fsp3) is 0.314. The van der Waals surface area contributed by atoms with Crippen LogP contribution in [0, 0.1) is 25.5 Å². The molecule has 308 valence electrons. The molecule has 2 aliphatic rings. The van der Waals surface area contributed by atoms with Crippen molar-refractivity contribution in [2.75, 3.05) is 36.0 Å². The van der Waals surface area contributed by atoms with Gasteiger partial charge < -0.3 is 19.6 Å². The van der Waals surface area contributed by atoms with E-state index in [1.165, 1.54) is 74.2 Å². The SMILES string of the molecule is Cc1nc2ccc(N3CCCCC3)cc2c(-c2ccc(F)cc2)c1C(C)O.Cc1nc2ccc(N3CCCCC3)cc2c(-c2ccc(F)cc2)c1C(C)Oc1ccccn1. The van der Waals surface area contributed by atoms with Gasteiger partial charge >= 0.3 is 0 Å². The second-order valence-corrected chi connectivity index (χ2v) is 16.1. The molecular formula is C51H53F2N5O2. The van der Waals surface area contributed by atoms with Gasteiger partial charge in [0.15, 0.2) is 0 Å². The van der Waals surface area contributed by atoms with Crippen LogP contribution in [0.25, 0.3) is 44.1 Å². The molecule has 9 heteroatoms. The molecule has 2 atom stereocenters. The monoisotopic (exact) mass is 805 g/mol. The van der Waals surface area contributed by atoms with Crippen LogP contribution in [-0.4, -0.2) is 46.2 Å². The normalized spacial score (nSPS) is 15.4. The summed E-state index contributed by atoms with van der Waals surface area (Å²) in [5.74, 6) is 0.0558. The predicted molar refractivity (Wildman–Crippen MR) is 240 cm³/mol. The smallest absolute Gasteiger partial charge is 0.213 e. The minimum absolute atomic E-state index is 0.248. The van der Waals surface area contributed by atoms with Crippen molar-refractivity contribution in [2.45, 2.75) is 78.4 Å². The molecule has 2 fully saturated rings. The molecule has 60 heavy (non-hydrogen) atoms. The molecule has 0 amide bonds. The van der Waals surface area contributed by atoms with Crippen LogP contribution in [-0.2, 0) is 0 Å². The first-order valence-electron chi connectivity index (χ1n) is 21.3. The van der Waals surface area contributed by atoms with Crippen LogP contribution in [0.15, 0.2) is 109 Å². The van der Waals surface area contributed by atoms with Gasteiger partial charge in [-0.2, -0.15) is 0 Å². The van der Waals surface area contributed by atoms with Crippen molar-refractivity contribution in [1.29, 1.82) is 0 Å². The largest absolute Gasteiger partial charge is 0.470 e. The number of fused-ring (bicyclic) bond motifs is 2. The summed E-state index contributed by atoms with van der Waals surface area (Å²) in [4.78, 5) is 18.9. The number of pyridine rings is 3. The molecule has 2 aliphatic heterocycles. The molecule has 0 radical (unpaired) electrons. The van der Waals surface area contributed by atoms with Gasteiger partial charge in [0.05, 0.1) is 17.1 Å². The first-order chi connectivity index (χ1) is 29.1. The van der Waals surface area contributed by atoms with Gasteiger partial charge in [0.2, 0.25) is 5.88 Å². The number of benzene rings is 4. The number of hydrogen-bond donors (Lipinski definition) is 1. The number of rotatable bonds is 8. The molecule has 2 saturated heterocycles. The van der Waals surface area contributed by atoms with Crippen LogP contribution in [0.5, 0.6) is 5.88 Å². The number of nitrogens with zero attached hydrogens (tertiary/aromatic N) is 5. The van der Waals surface area contributed by atoms with Crippen molar-refractivity contribution in [3.63, 3.8) is 0 Å². The molecule has 0 saturated carbocycles. The van der Waals surface area contributed by atoms with Crippen LogP contribution in [0.2, 0.25) is 0 Å². The molecule has 2 unspecified atom stereocenters. The highest BCUT2D eigenvalue weighted by Gasteiger charge is 2.23. The number of aliphatic hydroxyl groups excluding tert-OH is 1. The number of hydrogen-bond acceptors (Lipinski definition) is 7. The second kappa shape index (κ2) is 18.1. The van der Waals surface area contributed by atoms with Gasteiger partial charge in [-0.05, 0) is 155 Å². The van der Waals surface area contributed by atoms with Gasteiger partial charge in [-0.3, -0.25) is 9.97 Å². The summed E-state index contributed by atoms with van der Waals surface area (Å²) in [5.41, 5.74) is 11.6. The first kappa shape index (κ1) is 40.8. The summed E-state index contributed by atoms with van der Waals surface area (Å²) in [5, 5.41) is 12.5. The third-order valence-electron chi connectivity index (χ3n) is 11.9. The summed E-state index contributed by atoms with van der Waals surface area (Å²) in [6.07, 6.45) is 8.23. The lowest BCUT2D eigenvalue weighted by Crippen LogP contribution is -2.29. The van der Waals surface area contributed by atoms with Crippen LogP contribution < -0.4 is 14.5 Å². The topological polar surface area (TPSA) is 74.6 Å². The van der Waals surface area contributed by atoms with Crippen LogP contribution in [0.3, 0.4) is 0 Å². The minimum Gasteiger partial charge on any atom is -0.470 e. The predicted octanol–water partition coefficient (Wildman–Crippen LogP) is 12.3. The summed E-state index contributed by atoms with van der Waals surface area (Å²) < 4.78 is 33.5. The maximum Gasteiger partial charge on any atom is 0.213 e. The Morgan fingerprint density at radius 1 is 0.583 bits per heavy atom. The maximum atomic E-state index is 13.8. The van der Waals surface area contributed by atoms with Gasteiger partial charge in [-0.1, -0.05) is 30.3 Å². The van der Waals surface area contributed by atoms with E-state index in [9.17, 15) is 13.9 Å². The van der Waals surface area contributed by atoms with E-state index < -0.39 is 6.10 Å². The highest BCUT2D eigenvalue weighted by atomic mass is 19.1. The average Bonchev–Trinajstić information content (AvgIpc) is 3.27. The van der Waals surface area contributed by atoms with E-state index in [2.05, 4.69) is 51.2 Å². The zero-order valence-electron chi connectivity index (χ0n) is 35.0. The van der Waals surface area contributed by atoms with Crippen molar-refractivity contribution in [2.24, 2.45) is 0 Å². The number of ether oxygens (including phenoxy) is 1. The lowest BCUT2D eigenvalue weighted by atomic mass is 9.91. The van der Waals surface area contributed by atoms with Gasteiger partial charge in [0.1, 0.15) is 17.7 Å². The highest BCUT2D eigenvalue weighted by Crippen LogP contribution is 2.41. The Kier molecular flexibility index (Phi) is 12.3. The summed E-state index contributed by atoms with van der Waals surface area (Å²) in [6, 6.07) is 31.7. The number of aromatic nitrogens is 3. The highest BCUT2D eigenvalue weighted by molar-refractivity contribution is 6.00. The van der Waals surface area contributed by atoms with E-state index in [1.807, 2.05) is 51.1 Å². The fourth-order valence-corrected chi connectivity index (χ4v) is 9.00. The Balaban J connectivity index is 0.000000170. The second-order valence-electron chi connectivity index (χ2n) is 16.1. The molecule has 0 bridgehead atoms. The van der Waals surface area contributed by atoms with Crippen molar-refractivity contribution in [1.82, 2.24) is 15.0 Å². The van der Waals surface area contributed by atoms with E-state index >= 15 is 0 Å². The van der Waals surface area contributed by atoms with Gasteiger partial charge in [0.25, 0.3) is 0 Å². The zero-order valence-corrected chi connectivity index (χ0v) is 35.0. The molecule has 9 rings (SSSR count). The molecule has 7 aromatic rings. The van der Waals surface area contributed by atoms with Crippen molar-refractivity contribution < 1.29 is 18.6 Å². The number of piperidine rings is 2. The lowest BCUT2D eigenvalue weighted by molar-refractivity contribution is 0.199. The summed E-state index contributed by atoms with van der Waals surface area (Å²) in [6.45, 7) is 12.0. The lowest BCUT2D eigenvalue weighted by Gasteiger charge is -2.29. The number of anilines is 2. The quantitative estimate of drug-likeness (QED) is 0.164. The Morgan fingerprint density at radius 2 is 1.05 bits per heavy atom. The Morgan fingerprint density at radius 3 is 1.50 bits per heavy atom. The van der Waals surface area contributed by atoms with Crippen molar-refractivity contribution in [3.05, 3.63) is 143 Å². The molecule has 1 N–H and O–H groups in total. The third kappa shape index (κ3) is 8.82. The van der Waals surface area contributed by atoms with Crippen LogP contribution >= 0.6 is 0 Å². The molecule has 3 aromatic heterocycles. The standard InChI is InChI=1S/C28H28FN3O.C23H25FN2O/c1-19-27(20(2)33-26-8-4-5-15-30-26)28(21-9-11-22(29)12-10-21)24-18-23(13-14-25(24)31-19)32-16-6-3-7-17-32;1-15-22(16(2)27)23(17-6-8-18(24)9-7-17)20-14-19(10-11-21(20)25-15)26-12-4-3-5-13-26/h4-5,8-15,18,20H,3,6-7,16-17H2,1-2H3;6-11,14,16,27H,3-5,12-13H2,1-2H3. The van der Waals surface area contributed by atoms with Crippen LogP contribution in [0.4, 0.5) is 20.2 Å². The fourth-order valence-electron chi connectivity index (χ4n) is 9.00. The Hall–Kier alpha value is -5.93. The van der Waals surface area contributed by atoms with Gasteiger partial charge in [-0.25, -0.2) is 13.8 Å². The Bertz CT molecular complexity index is 2570. The minimum atomic E-state index is -0.652. The van der Waals surface area contributed by atoms with Crippen molar-refractivity contribution in [3.8, 4) is 28.1 Å². The third-order valence-corrected chi connectivity index (χ3v) is 11.9. The van der Waals surface area contributed by atoms with E-state index in [0.29, 0.717) is 5.88 Å². The van der Waals surface area contributed by atoms with E-state index in [4.69, 9.17) is 14.7 Å². The zero-order chi connectivity index (χ0) is 41.8. The van der Waals surface area contributed by atoms with E-state index in [-0.39, 0.29) is 17.7 Å². The van der Waals surface area contributed by atoms with Crippen LogP contribution in [0.1, 0.15) is 87.1 Å². The summed E-state index contributed by atoms with van der Waals surface area (Å²) in [7, 11) is 0. The number of aliphatic hydroxyl groups is 1. The molecule has 0 spiro atoms. The van der Waals surface area contributed by atoms with E-state index in [0.717, 1.165) is 92.8 Å². The molecule has 5 heterocycles. The van der Waals surface area contributed by atoms with Gasteiger partial charge in [-0.15, -0.1) is 0 Å². The molecule has 7 nitrogen and oxygen atoms in total. The van der Waals surface area contributed by atoms with E-state index in [1.54, 1.807) is 25.3 Å². The summed E-state index contributed by atoms with van der Waals surface area (Å²) >= 11 is 0. The van der Waals surface area contributed by atoms with Gasteiger partial charge in [0, 0.05) is 83.1 Å². The Labute approximate surface area is 351 Å². The average molecular weight is 806 g/mol. The molecule has 4 aromatic carbocycles. The molecular weight excluding hydrogens is 753 g/mol. The number of aryl methyl sites for hydroxylation is 2. The first-order valence-corrected chi connectivity index (χ1v) is 21.3. The number of halogens is 2. The molecule has 0 aliphatic carbocycles. The maximum absolute atomic E-state index is 13.8.